The number of fused-ring (bicyclic) bond motifs is 1. The third kappa shape index (κ3) is 8.32. The molecule has 1 heterocycles. The summed E-state index contributed by atoms with van der Waals surface area (Å²) in [5.74, 6) is -0.672. The molecule has 2 aliphatic rings. The van der Waals surface area contributed by atoms with Crippen LogP contribution in [0.2, 0.25) is 0 Å². The van der Waals surface area contributed by atoms with Crippen molar-refractivity contribution in [1.29, 1.82) is 0 Å². The van der Waals surface area contributed by atoms with Crippen LogP contribution in [0.1, 0.15) is 72.3 Å². The highest BCUT2D eigenvalue weighted by Gasteiger charge is 2.39. The summed E-state index contributed by atoms with van der Waals surface area (Å²) < 4.78 is 63.7. The lowest BCUT2D eigenvalue weighted by Gasteiger charge is -2.28. The van der Waals surface area contributed by atoms with Gasteiger partial charge in [0.05, 0.1) is 11.5 Å². The lowest BCUT2D eigenvalue weighted by atomic mass is 9.81. The Morgan fingerprint density at radius 1 is 1.05 bits per heavy atom. The standard InChI is InChI=1S/C30H42ClNO6S2/c1-22(29(2,3)21-40(36,37)38)15-16-23-11-10-12-24(28(23)31)17-18-27-30(4,5)25-13-6-7-14-26(25)32(27)19-8-9-20-39(33,34)35/h6-7,13-18,22H,8-12,19-21H2,1-5H3,(H,33,34,35)(H,36,37,38). The summed E-state index contributed by atoms with van der Waals surface area (Å²) in [5, 5.41) is 0.701. The monoisotopic (exact) mass is 611 g/mol. The summed E-state index contributed by atoms with van der Waals surface area (Å²) in [6, 6.07) is 8.22. The third-order valence-electron chi connectivity index (χ3n) is 8.10. The van der Waals surface area contributed by atoms with Crippen molar-refractivity contribution >= 4 is 37.5 Å². The summed E-state index contributed by atoms with van der Waals surface area (Å²) in [7, 11) is -8.07. The van der Waals surface area contributed by atoms with Gasteiger partial charge in [0.25, 0.3) is 20.2 Å². The van der Waals surface area contributed by atoms with E-state index in [1.807, 2.05) is 45.1 Å². The van der Waals surface area contributed by atoms with E-state index in [2.05, 4.69) is 43.0 Å². The van der Waals surface area contributed by atoms with Crippen molar-refractivity contribution in [2.24, 2.45) is 11.3 Å². The minimum absolute atomic E-state index is 0.102. The Bertz CT molecular complexity index is 1440. The molecule has 10 heteroatoms. The van der Waals surface area contributed by atoms with Crippen LogP contribution < -0.4 is 4.90 Å². The van der Waals surface area contributed by atoms with Crippen LogP contribution in [0.25, 0.3) is 0 Å². The number of halogens is 1. The van der Waals surface area contributed by atoms with Crippen LogP contribution in [0, 0.1) is 11.3 Å². The smallest absolute Gasteiger partial charge is 0.265 e. The van der Waals surface area contributed by atoms with E-state index in [0.717, 1.165) is 41.8 Å². The number of hydrogen-bond acceptors (Lipinski definition) is 5. The quantitative estimate of drug-likeness (QED) is 0.204. The van der Waals surface area contributed by atoms with Gasteiger partial charge in [-0.1, -0.05) is 82.6 Å². The Kier molecular flexibility index (Phi) is 10.2. The predicted octanol–water partition coefficient (Wildman–Crippen LogP) is 7.05. The zero-order valence-electron chi connectivity index (χ0n) is 24.0. The molecule has 1 unspecified atom stereocenters. The molecule has 3 rings (SSSR count). The molecule has 40 heavy (non-hydrogen) atoms. The zero-order chi connectivity index (χ0) is 29.9. The van der Waals surface area contributed by atoms with E-state index < -0.39 is 25.7 Å². The maximum atomic E-state index is 11.4. The number of allylic oxidation sites excluding steroid dienone is 8. The molecule has 222 valence electrons. The van der Waals surface area contributed by atoms with E-state index in [-0.39, 0.29) is 22.8 Å². The Balaban J connectivity index is 1.88. The highest BCUT2D eigenvalue weighted by Crippen LogP contribution is 2.48. The number of benzene rings is 1. The number of hydrogen-bond donors (Lipinski definition) is 2. The van der Waals surface area contributed by atoms with Crippen molar-refractivity contribution in [3.63, 3.8) is 0 Å². The van der Waals surface area contributed by atoms with E-state index in [9.17, 15) is 21.4 Å². The summed E-state index contributed by atoms with van der Waals surface area (Å²) >= 11 is 6.88. The maximum Gasteiger partial charge on any atom is 0.265 e. The number of nitrogens with zero attached hydrogens (tertiary/aromatic N) is 1. The molecule has 7 nitrogen and oxygen atoms in total. The number of anilines is 1. The van der Waals surface area contributed by atoms with Gasteiger partial charge >= 0.3 is 0 Å². The number of unbranched alkanes of at least 4 members (excludes halogenated alkanes) is 1. The lowest BCUT2D eigenvalue weighted by molar-refractivity contribution is 0.307. The van der Waals surface area contributed by atoms with Crippen molar-refractivity contribution in [3.8, 4) is 0 Å². The number of para-hydroxylation sites is 1. The molecule has 1 aliphatic carbocycles. The fourth-order valence-electron chi connectivity index (χ4n) is 5.45. The molecule has 1 aliphatic heterocycles. The lowest BCUT2D eigenvalue weighted by Crippen LogP contribution is -2.29. The molecule has 0 saturated heterocycles. The molecule has 0 bridgehead atoms. The number of rotatable bonds is 11. The molecule has 2 N–H and O–H groups in total. The summed E-state index contributed by atoms with van der Waals surface area (Å²) in [5.41, 5.74) is 4.53. The van der Waals surface area contributed by atoms with Crippen LogP contribution in [0.4, 0.5) is 5.69 Å². The molecule has 0 spiro atoms. The van der Waals surface area contributed by atoms with Crippen LogP contribution in [0.5, 0.6) is 0 Å². The third-order valence-corrected chi connectivity index (χ3v) is 10.5. The van der Waals surface area contributed by atoms with E-state index in [1.54, 1.807) is 0 Å². The van der Waals surface area contributed by atoms with Gasteiger partial charge in [-0.05, 0) is 72.3 Å². The molecular weight excluding hydrogens is 570 g/mol. The molecule has 1 aromatic rings. The van der Waals surface area contributed by atoms with Gasteiger partial charge in [0.15, 0.2) is 0 Å². The molecule has 0 radical (unpaired) electrons. The summed E-state index contributed by atoms with van der Waals surface area (Å²) in [6.45, 7) is 10.6. The highest BCUT2D eigenvalue weighted by molar-refractivity contribution is 7.86. The van der Waals surface area contributed by atoms with Gasteiger partial charge < -0.3 is 4.90 Å². The largest absolute Gasteiger partial charge is 0.344 e. The van der Waals surface area contributed by atoms with Crippen molar-refractivity contribution in [1.82, 2.24) is 0 Å². The van der Waals surface area contributed by atoms with Gasteiger partial charge in [-0.3, -0.25) is 9.11 Å². The Morgan fingerprint density at radius 2 is 1.73 bits per heavy atom. The highest BCUT2D eigenvalue weighted by atomic mass is 35.5. The first-order valence-electron chi connectivity index (χ1n) is 13.7. The Morgan fingerprint density at radius 3 is 2.38 bits per heavy atom. The normalized spacial score (nSPS) is 21.1. The minimum Gasteiger partial charge on any atom is -0.344 e. The SMILES string of the molecule is CC(C=CC1=C(Cl)C(=CC=C2N(CCCCS(=O)(=O)O)c3ccccc3C2(C)C)CCC1)C(C)(C)CS(=O)(=O)O. The van der Waals surface area contributed by atoms with Gasteiger partial charge in [-0.15, -0.1) is 0 Å². The van der Waals surface area contributed by atoms with Gasteiger partial charge in [-0.25, -0.2) is 0 Å². The first kappa shape index (κ1) is 32.6. The van der Waals surface area contributed by atoms with Crippen molar-refractivity contribution in [3.05, 3.63) is 76.0 Å². The van der Waals surface area contributed by atoms with Gasteiger partial charge in [-0.2, -0.15) is 16.8 Å². The van der Waals surface area contributed by atoms with Gasteiger partial charge in [0.2, 0.25) is 0 Å². The summed E-state index contributed by atoms with van der Waals surface area (Å²) in [4.78, 5) is 2.23. The molecule has 0 fully saturated rings. The average Bonchev–Trinajstić information content (AvgIpc) is 3.04. The van der Waals surface area contributed by atoms with E-state index in [0.29, 0.717) is 24.4 Å². The molecule has 0 saturated carbocycles. The average molecular weight is 612 g/mol. The Labute approximate surface area is 245 Å². The second-order valence-corrected chi connectivity index (χ2v) is 15.5. The second-order valence-electron chi connectivity index (χ2n) is 12.1. The minimum atomic E-state index is -4.08. The van der Waals surface area contributed by atoms with Crippen LogP contribution in [-0.4, -0.2) is 44.0 Å². The molecule has 0 aromatic heterocycles. The topological polar surface area (TPSA) is 112 Å². The van der Waals surface area contributed by atoms with Crippen molar-refractivity contribution in [2.75, 3.05) is 23.0 Å². The van der Waals surface area contributed by atoms with Crippen LogP contribution >= 0.6 is 11.6 Å². The van der Waals surface area contributed by atoms with Gasteiger partial charge in [0.1, 0.15) is 0 Å². The van der Waals surface area contributed by atoms with Crippen LogP contribution in [0.15, 0.2) is 70.4 Å². The molecular formula is C30H42ClNO6S2. The Hall–Kier alpha value is -1.91. The summed E-state index contributed by atoms with van der Waals surface area (Å²) in [6.07, 6.45) is 11.7. The van der Waals surface area contributed by atoms with Crippen LogP contribution in [-0.2, 0) is 25.7 Å². The first-order chi connectivity index (χ1) is 18.4. The molecule has 0 amide bonds. The van der Waals surface area contributed by atoms with Crippen molar-refractivity contribution < 1.29 is 25.9 Å². The molecule has 1 aromatic carbocycles. The zero-order valence-corrected chi connectivity index (χ0v) is 26.4. The fraction of sp³-hybridized carbons (Fsp3) is 0.533. The van der Waals surface area contributed by atoms with E-state index in [4.69, 9.17) is 16.2 Å². The fourth-order valence-corrected chi connectivity index (χ4v) is 7.53. The van der Waals surface area contributed by atoms with Crippen molar-refractivity contribution in [2.45, 2.75) is 72.1 Å². The second kappa shape index (κ2) is 12.5. The van der Waals surface area contributed by atoms with Gasteiger partial charge in [0, 0.05) is 28.4 Å². The van der Waals surface area contributed by atoms with E-state index >= 15 is 0 Å². The predicted molar refractivity (Wildman–Crippen MR) is 164 cm³/mol. The first-order valence-corrected chi connectivity index (χ1v) is 17.3. The van der Waals surface area contributed by atoms with Crippen LogP contribution in [0.3, 0.4) is 0 Å². The molecule has 1 atom stereocenters. The maximum absolute atomic E-state index is 11.4. The van der Waals surface area contributed by atoms with E-state index in [1.165, 1.54) is 5.56 Å².